The van der Waals surface area contributed by atoms with Crippen LogP contribution < -0.4 is 0 Å². The number of halogens is 1. The van der Waals surface area contributed by atoms with Gasteiger partial charge < -0.3 is 5.11 Å². The Labute approximate surface area is 113 Å². The summed E-state index contributed by atoms with van der Waals surface area (Å²) in [5.74, 6) is -2.02. The van der Waals surface area contributed by atoms with Crippen LogP contribution in [0.25, 0.3) is 0 Å². The Balaban J connectivity index is 2.89. The molecule has 0 heterocycles. The molecule has 0 aliphatic rings. The van der Waals surface area contributed by atoms with Crippen molar-refractivity contribution in [2.24, 2.45) is 0 Å². The van der Waals surface area contributed by atoms with Gasteiger partial charge in [-0.25, -0.2) is 0 Å². The fraction of sp³-hybridized carbons (Fsp3) is 0.250. The second-order valence-corrected chi connectivity index (χ2v) is 4.55. The number of imide groups is 1. The third-order valence-electron chi connectivity index (χ3n) is 2.25. The maximum Gasteiger partial charge on any atom is 0.305 e. The third-order valence-corrected chi connectivity index (χ3v) is 2.74. The van der Waals surface area contributed by atoms with Gasteiger partial charge in [0.05, 0.1) is 6.42 Å². The molecule has 1 rings (SSSR count). The summed E-state index contributed by atoms with van der Waals surface area (Å²) >= 11 is 3.23. The van der Waals surface area contributed by atoms with Gasteiger partial charge >= 0.3 is 5.97 Å². The predicted octanol–water partition coefficient (Wildman–Crippen LogP) is 1.91. The Hall–Kier alpha value is -1.69. The number of amides is 2. The molecule has 6 heteroatoms. The maximum atomic E-state index is 12.0. The number of carbonyl (C=O) groups excluding carboxylic acids is 2. The van der Waals surface area contributed by atoms with Crippen molar-refractivity contribution in [1.29, 1.82) is 0 Å². The molecule has 5 nitrogen and oxygen atoms in total. The van der Waals surface area contributed by atoms with Gasteiger partial charge in [-0.1, -0.05) is 22.0 Å². The Bertz CT molecular complexity index is 487. The number of carboxylic acid groups (broad SMARTS) is 1. The van der Waals surface area contributed by atoms with Crippen molar-refractivity contribution in [3.63, 3.8) is 0 Å². The Morgan fingerprint density at radius 2 is 2.00 bits per heavy atom. The molecule has 1 aromatic carbocycles. The van der Waals surface area contributed by atoms with Crippen LogP contribution in [0, 0.1) is 0 Å². The summed E-state index contributed by atoms with van der Waals surface area (Å²) in [5.41, 5.74) is 0.338. The zero-order chi connectivity index (χ0) is 13.7. The second-order valence-electron chi connectivity index (χ2n) is 3.63. The van der Waals surface area contributed by atoms with Crippen LogP contribution in [-0.4, -0.2) is 34.3 Å². The summed E-state index contributed by atoms with van der Waals surface area (Å²) in [6.45, 7) is 1.10. The highest BCUT2D eigenvalue weighted by Crippen LogP contribution is 2.14. The monoisotopic (exact) mass is 313 g/mol. The molecule has 0 saturated carbocycles. The molecule has 0 aliphatic heterocycles. The first-order valence-corrected chi connectivity index (χ1v) is 6.01. The van der Waals surface area contributed by atoms with Crippen LogP contribution in [0.15, 0.2) is 28.7 Å². The van der Waals surface area contributed by atoms with Gasteiger partial charge in [0, 0.05) is 23.5 Å². The van der Waals surface area contributed by atoms with Crippen molar-refractivity contribution >= 4 is 33.7 Å². The number of carboxylic acids is 1. The van der Waals surface area contributed by atoms with Crippen molar-refractivity contribution in [1.82, 2.24) is 4.90 Å². The van der Waals surface area contributed by atoms with E-state index in [0.29, 0.717) is 5.56 Å². The van der Waals surface area contributed by atoms with Gasteiger partial charge in [0.1, 0.15) is 0 Å². The molecule has 2 amide bonds. The average molecular weight is 314 g/mol. The van der Waals surface area contributed by atoms with Crippen LogP contribution in [0.1, 0.15) is 23.7 Å². The lowest BCUT2D eigenvalue weighted by Gasteiger charge is -2.18. The molecule has 18 heavy (non-hydrogen) atoms. The molecule has 0 radical (unpaired) electrons. The lowest BCUT2D eigenvalue weighted by atomic mass is 10.2. The fourth-order valence-corrected chi connectivity index (χ4v) is 1.79. The fourth-order valence-electron chi connectivity index (χ4n) is 1.39. The highest BCUT2D eigenvalue weighted by Gasteiger charge is 2.20. The molecule has 1 aromatic rings. The topological polar surface area (TPSA) is 74.7 Å². The first-order chi connectivity index (χ1) is 8.41. The lowest BCUT2D eigenvalue weighted by Crippen LogP contribution is -2.36. The van der Waals surface area contributed by atoms with Crippen molar-refractivity contribution < 1.29 is 19.5 Å². The molecule has 0 aromatic heterocycles. The first kappa shape index (κ1) is 14.4. The summed E-state index contributed by atoms with van der Waals surface area (Å²) < 4.78 is 0.718. The van der Waals surface area contributed by atoms with Gasteiger partial charge in [-0.2, -0.15) is 0 Å². The van der Waals surface area contributed by atoms with Crippen molar-refractivity contribution in [3.8, 4) is 0 Å². The van der Waals surface area contributed by atoms with Crippen LogP contribution in [0.4, 0.5) is 0 Å². The highest BCUT2D eigenvalue weighted by atomic mass is 79.9. The SMILES string of the molecule is CC(=O)N(CCC(=O)O)C(=O)c1cccc(Br)c1. The van der Waals surface area contributed by atoms with Gasteiger partial charge in [-0.05, 0) is 18.2 Å². The number of hydrogen-bond donors (Lipinski definition) is 1. The largest absolute Gasteiger partial charge is 0.481 e. The van der Waals surface area contributed by atoms with E-state index in [9.17, 15) is 14.4 Å². The minimum absolute atomic E-state index is 0.129. The zero-order valence-corrected chi connectivity index (χ0v) is 11.3. The predicted molar refractivity (Wildman–Crippen MR) is 68.1 cm³/mol. The number of nitrogens with zero attached hydrogens (tertiary/aromatic N) is 1. The first-order valence-electron chi connectivity index (χ1n) is 5.21. The van der Waals surface area contributed by atoms with E-state index in [1.54, 1.807) is 24.3 Å². The average Bonchev–Trinajstić information content (AvgIpc) is 2.28. The van der Waals surface area contributed by atoms with Crippen molar-refractivity contribution in [2.45, 2.75) is 13.3 Å². The summed E-state index contributed by atoms with van der Waals surface area (Å²) in [6, 6.07) is 6.59. The smallest absolute Gasteiger partial charge is 0.305 e. The van der Waals surface area contributed by atoms with Crippen LogP contribution >= 0.6 is 15.9 Å². The number of carbonyl (C=O) groups is 3. The second kappa shape index (κ2) is 6.30. The number of rotatable bonds is 4. The minimum Gasteiger partial charge on any atom is -0.481 e. The van der Waals surface area contributed by atoms with Gasteiger partial charge in [0.25, 0.3) is 5.91 Å². The molecule has 0 saturated heterocycles. The van der Waals surface area contributed by atoms with Gasteiger partial charge in [0.2, 0.25) is 5.91 Å². The Kier molecular flexibility index (Phi) is 5.03. The molecule has 1 N–H and O–H groups in total. The molecule has 0 spiro atoms. The summed E-state index contributed by atoms with van der Waals surface area (Å²) in [7, 11) is 0. The molecule has 96 valence electrons. The van der Waals surface area contributed by atoms with E-state index in [1.807, 2.05) is 0 Å². The lowest BCUT2D eigenvalue weighted by molar-refractivity contribution is -0.137. The van der Waals surface area contributed by atoms with E-state index >= 15 is 0 Å². The van der Waals surface area contributed by atoms with Crippen molar-refractivity contribution in [2.75, 3.05) is 6.54 Å². The Morgan fingerprint density at radius 1 is 1.33 bits per heavy atom. The molecule has 0 atom stereocenters. The van der Waals surface area contributed by atoms with Crippen LogP contribution in [-0.2, 0) is 9.59 Å². The van der Waals surface area contributed by atoms with Gasteiger partial charge in [-0.3, -0.25) is 19.3 Å². The van der Waals surface area contributed by atoms with E-state index in [0.717, 1.165) is 9.37 Å². The summed E-state index contributed by atoms with van der Waals surface area (Å²) in [4.78, 5) is 34.8. The van der Waals surface area contributed by atoms with E-state index in [2.05, 4.69) is 15.9 Å². The van der Waals surface area contributed by atoms with Gasteiger partial charge in [0.15, 0.2) is 0 Å². The third kappa shape index (κ3) is 3.96. The number of benzene rings is 1. The van der Waals surface area contributed by atoms with E-state index < -0.39 is 17.8 Å². The summed E-state index contributed by atoms with van der Waals surface area (Å²) in [5, 5.41) is 8.58. The maximum absolute atomic E-state index is 12.0. The van der Waals surface area contributed by atoms with Gasteiger partial charge in [-0.15, -0.1) is 0 Å². The van der Waals surface area contributed by atoms with Crippen LogP contribution in [0.3, 0.4) is 0 Å². The minimum atomic E-state index is -1.05. The molecular weight excluding hydrogens is 302 g/mol. The van der Waals surface area contributed by atoms with E-state index in [1.165, 1.54) is 6.92 Å². The highest BCUT2D eigenvalue weighted by molar-refractivity contribution is 9.10. The summed E-state index contributed by atoms with van der Waals surface area (Å²) in [6.07, 6.45) is -0.265. The van der Waals surface area contributed by atoms with E-state index in [4.69, 9.17) is 5.11 Å². The number of aliphatic carboxylic acids is 1. The number of hydrogen-bond acceptors (Lipinski definition) is 3. The molecule has 0 fully saturated rings. The molecule has 0 bridgehead atoms. The standard InChI is InChI=1S/C12H12BrNO4/c1-8(15)14(6-5-11(16)17)12(18)9-3-2-4-10(13)7-9/h2-4,7H,5-6H2,1H3,(H,16,17). The van der Waals surface area contributed by atoms with Crippen LogP contribution in [0.2, 0.25) is 0 Å². The quantitative estimate of drug-likeness (QED) is 0.921. The zero-order valence-electron chi connectivity index (χ0n) is 9.72. The molecule has 0 aliphatic carbocycles. The van der Waals surface area contributed by atoms with E-state index in [-0.39, 0.29) is 13.0 Å². The normalized spacial score (nSPS) is 9.89. The molecular formula is C12H12BrNO4. The van der Waals surface area contributed by atoms with Crippen LogP contribution in [0.5, 0.6) is 0 Å². The van der Waals surface area contributed by atoms with Crippen molar-refractivity contribution in [3.05, 3.63) is 34.3 Å². The Morgan fingerprint density at radius 3 is 2.50 bits per heavy atom. The molecule has 0 unspecified atom stereocenters.